The summed E-state index contributed by atoms with van der Waals surface area (Å²) in [5, 5.41) is 12.4. The molecular formula is C16H24N4S. The summed E-state index contributed by atoms with van der Waals surface area (Å²) in [5.41, 5.74) is 1.96. The minimum absolute atomic E-state index is 0.329. The highest BCUT2D eigenvalue weighted by Crippen LogP contribution is 2.29. The molecule has 0 unspecified atom stereocenters. The molecule has 4 nitrogen and oxygen atoms in total. The van der Waals surface area contributed by atoms with Crippen molar-refractivity contribution >= 4 is 11.8 Å². The first-order valence-electron chi connectivity index (χ1n) is 7.45. The lowest BCUT2D eigenvalue weighted by Gasteiger charge is -2.29. The maximum absolute atomic E-state index is 4.51. The zero-order chi connectivity index (χ0) is 15.1. The van der Waals surface area contributed by atoms with E-state index in [1.807, 2.05) is 48.3 Å². The standard InChI is InChI=1S/C16H24N4S/c1-4-16(5-2,21-3)13-17-11-14-12-18-20(19-14)15-9-7-6-8-10-15/h6-10,12,17H,4-5,11,13H2,1-3H3. The van der Waals surface area contributed by atoms with Crippen LogP contribution >= 0.6 is 11.8 Å². The first-order chi connectivity index (χ1) is 10.2. The Morgan fingerprint density at radius 3 is 2.52 bits per heavy atom. The highest BCUT2D eigenvalue weighted by Gasteiger charge is 2.24. The van der Waals surface area contributed by atoms with E-state index in [2.05, 4.69) is 35.6 Å². The second-order valence-electron chi connectivity index (χ2n) is 5.16. The molecule has 2 rings (SSSR count). The third kappa shape index (κ3) is 4.08. The van der Waals surface area contributed by atoms with Crippen molar-refractivity contribution in [2.75, 3.05) is 12.8 Å². The molecule has 0 aliphatic carbocycles. The Morgan fingerprint density at radius 1 is 1.19 bits per heavy atom. The molecule has 1 heterocycles. The van der Waals surface area contributed by atoms with Crippen LogP contribution in [-0.2, 0) is 6.54 Å². The lowest BCUT2D eigenvalue weighted by atomic mass is 10.0. The first kappa shape index (κ1) is 16.0. The minimum Gasteiger partial charge on any atom is -0.310 e. The number of nitrogens with zero attached hydrogens (tertiary/aromatic N) is 3. The van der Waals surface area contributed by atoms with Crippen LogP contribution in [0.4, 0.5) is 0 Å². The number of hydrogen-bond acceptors (Lipinski definition) is 4. The second kappa shape index (κ2) is 7.61. The Bertz CT molecular complexity index is 526. The summed E-state index contributed by atoms with van der Waals surface area (Å²) in [6.45, 7) is 6.27. The van der Waals surface area contributed by atoms with E-state index in [9.17, 15) is 0 Å². The Kier molecular flexibility index (Phi) is 5.82. The molecule has 0 spiro atoms. The van der Waals surface area contributed by atoms with Gasteiger partial charge >= 0.3 is 0 Å². The SMILES string of the molecule is CCC(CC)(CNCc1cnn(-c2ccccc2)n1)SC. The predicted octanol–water partition coefficient (Wildman–Crippen LogP) is 3.28. The maximum Gasteiger partial charge on any atom is 0.0969 e. The number of hydrogen-bond donors (Lipinski definition) is 1. The molecule has 21 heavy (non-hydrogen) atoms. The average Bonchev–Trinajstić information content (AvgIpc) is 3.02. The van der Waals surface area contributed by atoms with Crippen molar-refractivity contribution in [2.45, 2.75) is 38.0 Å². The summed E-state index contributed by atoms with van der Waals surface area (Å²) < 4.78 is 0.329. The van der Waals surface area contributed by atoms with Gasteiger partial charge in [0, 0.05) is 17.8 Å². The fourth-order valence-corrected chi connectivity index (χ4v) is 3.16. The molecule has 0 saturated carbocycles. The summed E-state index contributed by atoms with van der Waals surface area (Å²) in [4.78, 5) is 1.68. The molecule has 2 aromatic rings. The Hall–Kier alpha value is -1.33. The molecule has 0 radical (unpaired) electrons. The number of thioether (sulfide) groups is 1. The van der Waals surface area contributed by atoms with Crippen LogP contribution in [0.25, 0.3) is 5.69 Å². The van der Waals surface area contributed by atoms with Crippen LogP contribution in [0, 0.1) is 0 Å². The molecule has 5 heteroatoms. The van der Waals surface area contributed by atoms with Gasteiger partial charge in [-0.3, -0.25) is 0 Å². The Labute approximate surface area is 131 Å². The number of benzene rings is 1. The van der Waals surface area contributed by atoms with Gasteiger partial charge in [-0.2, -0.15) is 26.8 Å². The van der Waals surface area contributed by atoms with Crippen LogP contribution in [0.1, 0.15) is 32.4 Å². The molecule has 0 saturated heterocycles. The van der Waals surface area contributed by atoms with E-state index in [1.54, 1.807) is 4.80 Å². The van der Waals surface area contributed by atoms with Crippen molar-refractivity contribution < 1.29 is 0 Å². The first-order valence-corrected chi connectivity index (χ1v) is 8.68. The van der Waals surface area contributed by atoms with E-state index in [4.69, 9.17) is 0 Å². The van der Waals surface area contributed by atoms with Crippen LogP contribution in [-0.4, -0.2) is 32.5 Å². The van der Waals surface area contributed by atoms with E-state index < -0.39 is 0 Å². The van der Waals surface area contributed by atoms with Crippen LogP contribution in [0.15, 0.2) is 36.5 Å². The van der Waals surface area contributed by atoms with Crippen LogP contribution in [0.3, 0.4) is 0 Å². The van der Waals surface area contributed by atoms with Crippen molar-refractivity contribution in [3.8, 4) is 5.69 Å². The fourth-order valence-electron chi connectivity index (χ4n) is 2.34. The summed E-state index contributed by atoms with van der Waals surface area (Å²) in [5.74, 6) is 0. The quantitative estimate of drug-likeness (QED) is 0.813. The number of para-hydroxylation sites is 1. The maximum atomic E-state index is 4.51. The van der Waals surface area contributed by atoms with Gasteiger partial charge in [0.2, 0.25) is 0 Å². The number of nitrogens with one attached hydrogen (secondary N) is 1. The van der Waals surface area contributed by atoms with Gasteiger partial charge in [0.1, 0.15) is 0 Å². The number of aromatic nitrogens is 3. The largest absolute Gasteiger partial charge is 0.310 e. The Morgan fingerprint density at radius 2 is 1.90 bits per heavy atom. The smallest absolute Gasteiger partial charge is 0.0969 e. The molecule has 0 bridgehead atoms. The van der Waals surface area contributed by atoms with Crippen molar-refractivity contribution in [2.24, 2.45) is 0 Å². The molecule has 0 fully saturated rings. The lowest BCUT2D eigenvalue weighted by molar-refractivity contribution is 0.492. The van der Waals surface area contributed by atoms with Gasteiger partial charge in [0.25, 0.3) is 0 Å². The zero-order valence-corrected chi connectivity index (χ0v) is 13.9. The van der Waals surface area contributed by atoms with Crippen LogP contribution in [0.5, 0.6) is 0 Å². The van der Waals surface area contributed by atoms with Gasteiger partial charge in [0.15, 0.2) is 0 Å². The predicted molar refractivity (Wildman–Crippen MR) is 89.9 cm³/mol. The van der Waals surface area contributed by atoms with Gasteiger partial charge in [0.05, 0.1) is 17.6 Å². The number of rotatable bonds is 8. The summed E-state index contributed by atoms with van der Waals surface area (Å²) >= 11 is 1.95. The average molecular weight is 304 g/mol. The zero-order valence-electron chi connectivity index (χ0n) is 13.0. The van der Waals surface area contributed by atoms with Gasteiger partial charge < -0.3 is 5.32 Å². The lowest BCUT2D eigenvalue weighted by Crippen LogP contribution is -2.36. The van der Waals surface area contributed by atoms with Crippen molar-refractivity contribution in [3.05, 3.63) is 42.2 Å². The van der Waals surface area contributed by atoms with Crippen molar-refractivity contribution in [1.29, 1.82) is 0 Å². The second-order valence-corrected chi connectivity index (χ2v) is 6.43. The van der Waals surface area contributed by atoms with Gasteiger partial charge in [-0.1, -0.05) is 32.0 Å². The van der Waals surface area contributed by atoms with Crippen molar-refractivity contribution in [3.63, 3.8) is 0 Å². The summed E-state index contributed by atoms with van der Waals surface area (Å²) in [7, 11) is 0. The van der Waals surface area contributed by atoms with E-state index in [-0.39, 0.29) is 0 Å². The molecule has 1 aromatic carbocycles. The highest BCUT2D eigenvalue weighted by molar-refractivity contribution is 8.00. The molecule has 1 aromatic heterocycles. The highest BCUT2D eigenvalue weighted by atomic mass is 32.2. The van der Waals surface area contributed by atoms with Gasteiger partial charge in [-0.25, -0.2) is 0 Å². The van der Waals surface area contributed by atoms with E-state index >= 15 is 0 Å². The normalized spacial score (nSPS) is 11.8. The third-order valence-corrected chi connectivity index (χ3v) is 5.59. The summed E-state index contributed by atoms with van der Waals surface area (Å²) in [6.07, 6.45) is 6.38. The van der Waals surface area contributed by atoms with Crippen LogP contribution in [0.2, 0.25) is 0 Å². The molecule has 0 atom stereocenters. The Balaban J connectivity index is 1.92. The third-order valence-electron chi connectivity index (χ3n) is 4.00. The minimum atomic E-state index is 0.329. The van der Waals surface area contributed by atoms with Crippen LogP contribution < -0.4 is 5.32 Å². The van der Waals surface area contributed by atoms with E-state index in [1.165, 1.54) is 12.8 Å². The molecular weight excluding hydrogens is 280 g/mol. The van der Waals surface area contributed by atoms with Gasteiger partial charge in [-0.15, -0.1) is 0 Å². The monoisotopic (exact) mass is 304 g/mol. The molecule has 0 aliphatic heterocycles. The fraction of sp³-hybridized carbons (Fsp3) is 0.500. The molecule has 1 N–H and O–H groups in total. The van der Waals surface area contributed by atoms with E-state index in [0.717, 1.165) is 24.5 Å². The molecule has 0 amide bonds. The molecule has 0 aliphatic rings. The van der Waals surface area contributed by atoms with E-state index in [0.29, 0.717) is 4.75 Å². The van der Waals surface area contributed by atoms with Gasteiger partial charge in [-0.05, 0) is 31.2 Å². The summed E-state index contributed by atoms with van der Waals surface area (Å²) in [6, 6.07) is 9.99. The molecule has 114 valence electrons. The topological polar surface area (TPSA) is 42.7 Å². The van der Waals surface area contributed by atoms with Crippen molar-refractivity contribution in [1.82, 2.24) is 20.3 Å².